The quantitative estimate of drug-likeness (QED) is 0.670. The maximum atomic E-state index is 12.1. The van der Waals surface area contributed by atoms with Gasteiger partial charge in [0.25, 0.3) is 5.91 Å². The Kier molecular flexibility index (Phi) is 4.89. The van der Waals surface area contributed by atoms with E-state index < -0.39 is 5.91 Å². The molecule has 1 amide bonds. The number of aryl methyl sites for hydroxylation is 2. The Hall–Kier alpha value is -3.13. The van der Waals surface area contributed by atoms with Gasteiger partial charge in [0.2, 0.25) is 0 Å². The maximum absolute atomic E-state index is 12.1. The number of nitrogens with zero attached hydrogens (tertiary/aromatic N) is 2. The van der Waals surface area contributed by atoms with E-state index in [1.165, 1.54) is 6.20 Å². The van der Waals surface area contributed by atoms with E-state index in [0.29, 0.717) is 11.5 Å². The van der Waals surface area contributed by atoms with Crippen molar-refractivity contribution in [3.8, 4) is 6.07 Å². The zero-order valence-electron chi connectivity index (χ0n) is 12.4. The number of amides is 1. The van der Waals surface area contributed by atoms with E-state index in [1.54, 1.807) is 18.3 Å². The van der Waals surface area contributed by atoms with E-state index in [9.17, 15) is 4.79 Å². The fourth-order valence-corrected chi connectivity index (χ4v) is 1.76. The van der Waals surface area contributed by atoms with Gasteiger partial charge in [0, 0.05) is 18.1 Å². The Balaban J connectivity index is 2.09. The van der Waals surface area contributed by atoms with Crippen molar-refractivity contribution in [3.05, 3.63) is 65.5 Å². The van der Waals surface area contributed by atoms with Gasteiger partial charge in [0.1, 0.15) is 17.5 Å². The van der Waals surface area contributed by atoms with Crippen LogP contribution in [0.1, 0.15) is 11.1 Å². The molecule has 1 aromatic heterocycles. The van der Waals surface area contributed by atoms with Crippen LogP contribution in [-0.2, 0) is 4.79 Å². The van der Waals surface area contributed by atoms with Crippen molar-refractivity contribution in [3.63, 3.8) is 0 Å². The Morgan fingerprint density at radius 2 is 1.95 bits per heavy atom. The molecule has 5 heteroatoms. The zero-order valence-corrected chi connectivity index (χ0v) is 12.4. The maximum Gasteiger partial charge on any atom is 0.267 e. The van der Waals surface area contributed by atoms with Crippen LogP contribution >= 0.6 is 0 Å². The number of carbonyl (C=O) groups excluding carboxylic acids is 1. The smallest absolute Gasteiger partial charge is 0.267 e. The molecule has 1 aromatic carbocycles. The van der Waals surface area contributed by atoms with Crippen LogP contribution in [0.2, 0.25) is 0 Å². The third-order valence-corrected chi connectivity index (χ3v) is 3.04. The standard InChI is InChI=1S/C17H16N4O/c1-12-5-7-15(8-6-12)21-17(22)14(10-18)11-20-16-13(2)4-3-9-19-16/h3-9,11H,1-2H3,(H,19,20)(H,21,22)/b14-11-. The second-order valence-corrected chi connectivity index (χ2v) is 4.80. The number of hydrogen-bond donors (Lipinski definition) is 2. The van der Waals surface area contributed by atoms with Gasteiger partial charge in [0.05, 0.1) is 0 Å². The minimum atomic E-state index is -0.465. The highest BCUT2D eigenvalue weighted by Gasteiger charge is 2.09. The van der Waals surface area contributed by atoms with Crippen LogP contribution in [0.5, 0.6) is 0 Å². The van der Waals surface area contributed by atoms with Gasteiger partial charge in [-0.25, -0.2) is 4.98 Å². The number of carbonyl (C=O) groups is 1. The summed E-state index contributed by atoms with van der Waals surface area (Å²) in [5.41, 5.74) is 2.65. The second kappa shape index (κ2) is 7.04. The Bertz CT molecular complexity index is 742. The summed E-state index contributed by atoms with van der Waals surface area (Å²) in [7, 11) is 0. The zero-order chi connectivity index (χ0) is 15.9. The van der Waals surface area contributed by atoms with Crippen LogP contribution in [-0.4, -0.2) is 10.9 Å². The van der Waals surface area contributed by atoms with Crippen molar-refractivity contribution in [1.82, 2.24) is 4.98 Å². The van der Waals surface area contributed by atoms with Crippen LogP contribution < -0.4 is 10.6 Å². The molecule has 0 unspecified atom stereocenters. The number of anilines is 2. The first-order chi connectivity index (χ1) is 10.6. The van der Waals surface area contributed by atoms with Crippen molar-refractivity contribution in [2.45, 2.75) is 13.8 Å². The molecule has 1 heterocycles. The lowest BCUT2D eigenvalue weighted by molar-refractivity contribution is -0.112. The molecule has 0 aliphatic heterocycles. The summed E-state index contributed by atoms with van der Waals surface area (Å²) >= 11 is 0. The predicted octanol–water partition coefficient (Wildman–Crippen LogP) is 3.16. The molecule has 110 valence electrons. The highest BCUT2D eigenvalue weighted by Crippen LogP contribution is 2.12. The summed E-state index contributed by atoms with van der Waals surface area (Å²) in [5, 5.41) is 14.7. The molecule has 0 aliphatic rings. The number of benzene rings is 1. The fourth-order valence-electron chi connectivity index (χ4n) is 1.76. The first-order valence-electron chi connectivity index (χ1n) is 6.76. The Morgan fingerprint density at radius 3 is 2.59 bits per heavy atom. The van der Waals surface area contributed by atoms with E-state index in [-0.39, 0.29) is 5.57 Å². The largest absolute Gasteiger partial charge is 0.345 e. The minimum Gasteiger partial charge on any atom is -0.345 e. The molecule has 22 heavy (non-hydrogen) atoms. The number of rotatable bonds is 4. The average Bonchev–Trinajstić information content (AvgIpc) is 2.52. The van der Waals surface area contributed by atoms with Crippen LogP contribution in [0.3, 0.4) is 0 Å². The van der Waals surface area contributed by atoms with Crippen molar-refractivity contribution in [2.75, 3.05) is 10.6 Å². The van der Waals surface area contributed by atoms with Crippen LogP contribution in [0.25, 0.3) is 0 Å². The predicted molar refractivity (Wildman–Crippen MR) is 86.1 cm³/mol. The third kappa shape index (κ3) is 3.93. The van der Waals surface area contributed by atoms with Gasteiger partial charge in [-0.2, -0.15) is 5.26 Å². The summed E-state index contributed by atoms with van der Waals surface area (Å²) in [6, 6.07) is 13.0. The van der Waals surface area contributed by atoms with Gasteiger partial charge in [-0.1, -0.05) is 23.8 Å². The van der Waals surface area contributed by atoms with Crippen molar-refractivity contribution in [1.29, 1.82) is 5.26 Å². The van der Waals surface area contributed by atoms with Crippen molar-refractivity contribution in [2.24, 2.45) is 0 Å². The minimum absolute atomic E-state index is 0.0226. The van der Waals surface area contributed by atoms with Gasteiger partial charge in [-0.3, -0.25) is 4.79 Å². The molecule has 5 nitrogen and oxygen atoms in total. The number of nitriles is 1. The van der Waals surface area contributed by atoms with Gasteiger partial charge in [0.15, 0.2) is 0 Å². The first-order valence-corrected chi connectivity index (χ1v) is 6.76. The number of pyridine rings is 1. The summed E-state index contributed by atoms with van der Waals surface area (Å²) in [4.78, 5) is 16.2. The van der Waals surface area contributed by atoms with E-state index in [1.807, 2.05) is 44.2 Å². The molecule has 0 atom stereocenters. The van der Waals surface area contributed by atoms with Crippen molar-refractivity contribution >= 4 is 17.4 Å². The van der Waals surface area contributed by atoms with Gasteiger partial charge >= 0.3 is 0 Å². The number of aromatic nitrogens is 1. The van der Waals surface area contributed by atoms with Crippen LogP contribution in [0.15, 0.2) is 54.4 Å². The van der Waals surface area contributed by atoms with Gasteiger partial charge in [-0.15, -0.1) is 0 Å². The molecule has 0 saturated heterocycles. The van der Waals surface area contributed by atoms with Gasteiger partial charge in [-0.05, 0) is 37.6 Å². The topological polar surface area (TPSA) is 77.8 Å². The highest BCUT2D eigenvalue weighted by molar-refractivity contribution is 6.06. The van der Waals surface area contributed by atoms with E-state index in [0.717, 1.165) is 11.1 Å². The Labute approximate surface area is 129 Å². The highest BCUT2D eigenvalue weighted by atomic mass is 16.1. The molecule has 0 bridgehead atoms. The molecule has 0 fully saturated rings. The van der Waals surface area contributed by atoms with Crippen LogP contribution in [0.4, 0.5) is 11.5 Å². The van der Waals surface area contributed by atoms with Gasteiger partial charge < -0.3 is 10.6 Å². The summed E-state index contributed by atoms with van der Waals surface area (Å²) in [6.45, 7) is 3.85. The lowest BCUT2D eigenvalue weighted by atomic mass is 10.2. The molecule has 0 spiro atoms. The summed E-state index contributed by atoms with van der Waals surface area (Å²) in [5.74, 6) is 0.144. The SMILES string of the molecule is Cc1ccc(NC(=O)/C(C#N)=C\Nc2ncccc2C)cc1. The number of nitrogens with one attached hydrogen (secondary N) is 2. The molecule has 2 rings (SSSR count). The average molecular weight is 292 g/mol. The van der Waals surface area contributed by atoms with Crippen molar-refractivity contribution < 1.29 is 4.79 Å². The van der Waals surface area contributed by atoms with E-state index in [4.69, 9.17) is 5.26 Å². The summed E-state index contributed by atoms with van der Waals surface area (Å²) in [6.07, 6.45) is 3.00. The molecule has 2 aromatic rings. The molecular formula is C17H16N4O. The second-order valence-electron chi connectivity index (χ2n) is 4.80. The molecular weight excluding hydrogens is 276 g/mol. The van der Waals surface area contributed by atoms with Crippen LogP contribution in [0, 0.1) is 25.2 Å². The molecule has 2 N–H and O–H groups in total. The van der Waals surface area contributed by atoms with E-state index >= 15 is 0 Å². The molecule has 0 saturated carbocycles. The monoisotopic (exact) mass is 292 g/mol. The third-order valence-electron chi connectivity index (χ3n) is 3.04. The molecule has 0 radical (unpaired) electrons. The fraction of sp³-hybridized carbons (Fsp3) is 0.118. The lowest BCUT2D eigenvalue weighted by Crippen LogP contribution is -2.14. The Morgan fingerprint density at radius 1 is 1.23 bits per heavy atom. The lowest BCUT2D eigenvalue weighted by Gasteiger charge is -2.06. The normalized spacial score (nSPS) is 10.7. The summed E-state index contributed by atoms with van der Waals surface area (Å²) < 4.78 is 0. The first kappa shape index (κ1) is 15.3. The number of hydrogen-bond acceptors (Lipinski definition) is 4. The van der Waals surface area contributed by atoms with E-state index in [2.05, 4.69) is 15.6 Å². The molecule has 0 aliphatic carbocycles.